The number of thiophene rings is 1. The lowest BCUT2D eigenvalue weighted by Gasteiger charge is -2.16. The zero-order valence-electron chi connectivity index (χ0n) is 13.6. The second-order valence-electron chi connectivity index (χ2n) is 6.33. The molecule has 0 unspecified atom stereocenters. The van der Waals surface area contributed by atoms with Crippen molar-refractivity contribution in [2.45, 2.75) is 19.8 Å². The summed E-state index contributed by atoms with van der Waals surface area (Å²) in [5, 5.41) is 5.08. The molecule has 1 N–H and O–H groups in total. The van der Waals surface area contributed by atoms with Crippen molar-refractivity contribution in [2.75, 3.05) is 26.2 Å². The summed E-state index contributed by atoms with van der Waals surface area (Å²) in [6.45, 7) is 6.13. The van der Waals surface area contributed by atoms with E-state index in [-0.39, 0.29) is 5.91 Å². The average molecular weight is 328 g/mol. The molecule has 3 nitrogen and oxygen atoms in total. The lowest BCUT2D eigenvalue weighted by molar-refractivity contribution is 0.0951. The third-order valence-corrected chi connectivity index (χ3v) is 5.56. The molecule has 122 valence electrons. The van der Waals surface area contributed by atoms with E-state index in [1.54, 1.807) is 0 Å². The average Bonchev–Trinajstić information content (AvgIpc) is 3.20. The predicted molar refractivity (Wildman–Crippen MR) is 96.1 cm³/mol. The van der Waals surface area contributed by atoms with Gasteiger partial charge in [0, 0.05) is 19.6 Å². The predicted octanol–water partition coefficient (Wildman–Crippen LogP) is 3.35. The molecule has 4 heteroatoms. The van der Waals surface area contributed by atoms with E-state index in [0.29, 0.717) is 5.92 Å². The maximum absolute atomic E-state index is 12.2. The molecule has 3 rings (SSSR count). The number of carbonyl (C=O) groups is 1. The molecule has 23 heavy (non-hydrogen) atoms. The van der Waals surface area contributed by atoms with Crippen LogP contribution in [0.4, 0.5) is 0 Å². The zero-order chi connectivity index (χ0) is 16.1. The maximum Gasteiger partial charge on any atom is 0.261 e. The van der Waals surface area contributed by atoms with Crippen molar-refractivity contribution < 1.29 is 4.79 Å². The van der Waals surface area contributed by atoms with Gasteiger partial charge < -0.3 is 10.2 Å². The Labute approximate surface area is 142 Å². The summed E-state index contributed by atoms with van der Waals surface area (Å²) >= 11 is 1.52. The first kappa shape index (κ1) is 16.2. The molecular weight excluding hydrogens is 304 g/mol. The molecule has 0 saturated carbocycles. The summed E-state index contributed by atoms with van der Waals surface area (Å²) in [5.41, 5.74) is 2.47. The SMILES string of the molecule is Cc1ccsc1C(=O)NC[C@H]1CCN(CCc2ccccc2)C1. The van der Waals surface area contributed by atoms with Crippen molar-refractivity contribution in [3.05, 3.63) is 57.8 Å². The Balaban J connectivity index is 1.40. The van der Waals surface area contributed by atoms with Gasteiger partial charge in [-0.2, -0.15) is 0 Å². The van der Waals surface area contributed by atoms with Crippen LogP contribution < -0.4 is 5.32 Å². The number of hydrogen-bond donors (Lipinski definition) is 1. The van der Waals surface area contributed by atoms with Crippen LogP contribution in [0.15, 0.2) is 41.8 Å². The molecule has 1 saturated heterocycles. The van der Waals surface area contributed by atoms with E-state index in [1.807, 2.05) is 18.4 Å². The van der Waals surface area contributed by atoms with Gasteiger partial charge in [0.15, 0.2) is 0 Å². The van der Waals surface area contributed by atoms with Crippen LogP contribution in [0.1, 0.15) is 27.2 Å². The maximum atomic E-state index is 12.2. The Kier molecular flexibility index (Phi) is 5.47. The van der Waals surface area contributed by atoms with Gasteiger partial charge in [0.2, 0.25) is 0 Å². The quantitative estimate of drug-likeness (QED) is 0.882. The number of likely N-dealkylation sites (tertiary alicyclic amines) is 1. The number of hydrogen-bond acceptors (Lipinski definition) is 3. The minimum absolute atomic E-state index is 0.0836. The number of aryl methyl sites for hydroxylation is 1. The molecule has 0 aliphatic carbocycles. The first-order chi connectivity index (χ1) is 11.2. The first-order valence-corrected chi connectivity index (χ1v) is 9.19. The Morgan fingerprint density at radius 1 is 1.30 bits per heavy atom. The summed E-state index contributed by atoms with van der Waals surface area (Å²) in [6.07, 6.45) is 2.28. The van der Waals surface area contributed by atoms with E-state index < -0.39 is 0 Å². The van der Waals surface area contributed by atoms with Crippen molar-refractivity contribution in [3.63, 3.8) is 0 Å². The lowest BCUT2D eigenvalue weighted by Crippen LogP contribution is -2.31. The van der Waals surface area contributed by atoms with Crippen molar-refractivity contribution in [1.82, 2.24) is 10.2 Å². The molecule has 0 bridgehead atoms. The summed E-state index contributed by atoms with van der Waals surface area (Å²) < 4.78 is 0. The molecule has 0 radical (unpaired) electrons. The normalized spacial score (nSPS) is 18.2. The molecule has 1 atom stereocenters. The molecule has 2 heterocycles. The second-order valence-corrected chi connectivity index (χ2v) is 7.25. The van der Waals surface area contributed by atoms with E-state index in [2.05, 4.69) is 40.5 Å². The van der Waals surface area contributed by atoms with Crippen molar-refractivity contribution in [2.24, 2.45) is 5.92 Å². The van der Waals surface area contributed by atoms with Gasteiger partial charge >= 0.3 is 0 Å². The van der Waals surface area contributed by atoms with Gasteiger partial charge in [-0.25, -0.2) is 0 Å². The zero-order valence-corrected chi connectivity index (χ0v) is 14.4. The number of amides is 1. The number of rotatable bonds is 6. The molecule has 2 aromatic rings. The highest BCUT2D eigenvalue weighted by Gasteiger charge is 2.23. The Hall–Kier alpha value is -1.65. The van der Waals surface area contributed by atoms with Gasteiger partial charge in [-0.15, -0.1) is 11.3 Å². The first-order valence-electron chi connectivity index (χ1n) is 8.31. The topological polar surface area (TPSA) is 32.3 Å². The highest BCUT2D eigenvalue weighted by Crippen LogP contribution is 2.18. The number of benzene rings is 1. The molecule has 1 aromatic heterocycles. The van der Waals surface area contributed by atoms with Gasteiger partial charge in [0.05, 0.1) is 4.88 Å². The van der Waals surface area contributed by atoms with Crippen molar-refractivity contribution >= 4 is 17.2 Å². The van der Waals surface area contributed by atoms with Gasteiger partial charge in [-0.05, 0) is 54.8 Å². The molecule has 1 aliphatic heterocycles. The summed E-state index contributed by atoms with van der Waals surface area (Å²) in [5.74, 6) is 0.662. The van der Waals surface area contributed by atoms with Crippen LogP contribution in [-0.4, -0.2) is 37.0 Å². The fourth-order valence-corrected chi connectivity index (χ4v) is 3.98. The third-order valence-electron chi connectivity index (χ3n) is 4.55. The van der Waals surface area contributed by atoms with Crippen LogP contribution in [-0.2, 0) is 6.42 Å². The number of nitrogens with zero attached hydrogens (tertiary/aromatic N) is 1. The number of nitrogens with one attached hydrogen (secondary N) is 1. The molecule has 1 aliphatic rings. The third kappa shape index (κ3) is 4.43. The van der Waals surface area contributed by atoms with Crippen LogP contribution in [0.2, 0.25) is 0 Å². The van der Waals surface area contributed by atoms with E-state index in [9.17, 15) is 4.79 Å². The molecule has 1 fully saturated rings. The van der Waals surface area contributed by atoms with Crippen LogP contribution in [0.3, 0.4) is 0 Å². The van der Waals surface area contributed by atoms with Crippen LogP contribution in [0, 0.1) is 12.8 Å². The van der Waals surface area contributed by atoms with Gasteiger partial charge in [0.1, 0.15) is 0 Å². The van der Waals surface area contributed by atoms with Crippen molar-refractivity contribution in [1.29, 1.82) is 0 Å². The van der Waals surface area contributed by atoms with E-state index >= 15 is 0 Å². The Bertz CT molecular complexity index is 638. The van der Waals surface area contributed by atoms with Gasteiger partial charge in [0.25, 0.3) is 5.91 Å². The van der Waals surface area contributed by atoms with Crippen LogP contribution >= 0.6 is 11.3 Å². The highest BCUT2D eigenvalue weighted by atomic mass is 32.1. The fraction of sp³-hybridized carbons (Fsp3) is 0.421. The van der Waals surface area contributed by atoms with E-state index in [1.165, 1.54) is 23.3 Å². The largest absolute Gasteiger partial charge is 0.351 e. The lowest BCUT2D eigenvalue weighted by atomic mass is 10.1. The van der Waals surface area contributed by atoms with Crippen molar-refractivity contribution in [3.8, 4) is 0 Å². The van der Waals surface area contributed by atoms with Crippen LogP contribution in [0.5, 0.6) is 0 Å². The highest BCUT2D eigenvalue weighted by molar-refractivity contribution is 7.12. The number of carbonyl (C=O) groups excluding carboxylic acids is 1. The van der Waals surface area contributed by atoms with E-state index in [4.69, 9.17) is 0 Å². The fourth-order valence-electron chi connectivity index (χ4n) is 3.14. The van der Waals surface area contributed by atoms with Crippen LogP contribution in [0.25, 0.3) is 0 Å². The summed E-state index contributed by atoms with van der Waals surface area (Å²) in [7, 11) is 0. The smallest absolute Gasteiger partial charge is 0.261 e. The molecular formula is C19H24N2OS. The molecule has 1 amide bonds. The minimum atomic E-state index is 0.0836. The summed E-state index contributed by atoms with van der Waals surface area (Å²) in [6, 6.07) is 12.6. The Morgan fingerprint density at radius 2 is 2.13 bits per heavy atom. The minimum Gasteiger partial charge on any atom is -0.351 e. The Morgan fingerprint density at radius 3 is 2.87 bits per heavy atom. The van der Waals surface area contributed by atoms with E-state index in [0.717, 1.165) is 43.0 Å². The monoisotopic (exact) mass is 328 g/mol. The molecule has 1 aromatic carbocycles. The van der Waals surface area contributed by atoms with Gasteiger partial charge in [-0.1, -0.05) is 30.3 Å². The summed E-state index contributed by atoms with van der Waals surface area (Å²) in [4.78, 5) is 15.5. The molecule has 0 spiro atoms. The standard InChI is InChI=1S/C19H24N2OS/c1-15-9-12-23-18(15)19(22)20-13-17-8-11-21(14-17)10-7-16-5-3-2-4-6-16/h2-6,9,12,17H,7-8,10-11,13-14H2,1H3,(H,20,22)/t17-/m1/s1. The van der Waals surface area contributed by atoms with Gasteiger partial charge in [-0.3, -0.25) is 4.79 Å². The second kappa shape index (κ2) is 7.75.